The lowest BCUT2D eigenvalue weighted by molar-refractivity contribution is -0.152. The maximum atomic E-state index is 13.6. The SMILES string of the molecule is CC(C)(C)[C@H](NC(=O)OC1CCCC1)C(=O)N1C[C@H](Oc2ccnc(-c3ccccc3)c2)C[C@H]1C(=O)O.CC(C)(C)[C@H](NC(=O)OC1CCCC1)C(=O)N1C[C@H](Oc2ccnc(Br)c2)C[C@H]1C(=O)O.COC(=O)[C@@H]1C[C@@H](Oc2ccnc(Br)c2)CN1C(=O)[C@@H](NC(=O)OC1CCCC1)C(C)(C)C. The lowest BCUT2D eigenvalue weighted by atomic mass is 9.85. The number of alkyl carbamates (subject to hydrolysis) is 3. The van der Waals surface area contributed by atoms with E-state index >= 15 is 0 Å². The number of aliphatic carboxylic acids is 2. The second kappa shape index (κ2) is 35.7. The number of esters is 1. The molecule has 29 heteroatoms. The first kappa shape index (κ1) is 79.4. The first-order valence-electron chi connectivity index (χ1n) is 34.8. The number of nitrogens with one attached hydrogen (secondary N) is 3. The molecule has 102 heavy (non-hydrogen) atoms. The van der Waals surface area contributed by atoms with E-state index in [0.717, 1.165) is 88.3 Å². The molecule has 1 aromatic carbocycles. The fraction of sp³-hybridized carbons (Fsp3) is 0.589. The van der Waals surface area contributed by atoms with Gasteiger partial charge in [0.1, 0.15) is 99.3 Å². The zero-order valence-electron chi connectivity index (χ0n) is 59.6. The molecule has 3 aliphatic heterocycles. The number of methoxy groups -OCH3 is 1. The molecule has 3 aromatic heterocycles. The van der Waals surface area contributed by atoms with Crippen molar-refractivity contribution in [3.8, 4) is 28.5 Å². The van der Waals surface area contributed by atoms with Gasteiger partial charge in [-0.05, 0) is 143 Å². The molecule has 3 aliphatic carbocycles. The van der Waals surface area contributed by atoms with Gasteiger partial charge in [-0.1, -0.05) is 92.6 Å². The minimum Gasteiger partial charge on any atom is -0.488 e. The molecular formula is C73H97Br2N9O18. The van der Waals surface area contributed by atoms with Gasteiger partial charge in [0.15, 0.2) is 0 Å². The highest BCUT2D eigenvalue weighted by Crippen LogP contribution is 2.35. The van der Waals surface area contributed by atoms with Crippen LogP contribution in [0.15, 0.2) is 94.5 Å². The molecule has 6 fully saturated rings. The van der Waals surface area contributed by atoms with Gasteiger partial charge in [-0.2, -0.15) is 0 Å². The number of carboxylic acid groups (broad SMARTS) is 2. The molecule has 556 valence electrons. The second-order valence-electron chi connectivity index (χ2n) is 29.8. The Morgan fingerprint density at radius 2 is 0.765 bits per heavy atom. The summed E-state index contributed by atoms with van der Waals surface area (Å²) in [4.78, 5) is 131. The van der Waals surface area contributed by atoms with Gasteiger partial charge in [0.2, 0.25) is 17.7 Å². The minimum atomic E-state index is -1.11. The van der Waals surface area contributed by atoms with E-state index in [4.69, 9.17) is 33.2 Å². The third-order valence-electron chi connectivity index (χ3n) is 18.6. The van der Waals surface area contributed by atoms with E-state index in [1.54, 1.807) is 55.0 Å². The van der Waals surface area contributed by atoms with Crippen LogP contribution in [0.5, 0.6) is 17.2 Å². The summed E-state index contributed by atoms with van der Waals surface area (Å²) in [6, 6.07) is 14.3. The quantitative estimate of drug-likeness (QED) is 0.0331. The molecule has 9 atom stereocenters. The number of ether oxygens (including phenoxy) is 7. The number of halogens is 2. The van der Waals surface area contributed by atoms with Gasteiger partial charge in [-0.15, -0.1) is 0 Å². The number of aromatic nitrogens is 3. The van der Waals surface area contributed by atoms with E-state index in [-0.39, 0.29) is 63.1 Å². The summed E-state index contributed by atoms with van der Waals surface area (Å²) in [5, 5.41) is 27.8. The van der Waals surface area contributed by atoms with E-state index < -0.39 is 119 Å². The van der Waals surface area contributed by atoms with Crippen molar-refractivity contribution in [1.29, 1.82) is 0 Å². The van der Waals surface area contributed by atoms with Crippen molar-refractivity contribution in [2.45, 2.75) is 232 Å². The first-order chi connectivity index (χ1) is 48.2. The largest absolute Gasteiger partial charge is 0.488 e. The van der Waals surface area contributed by atoms with Gasteiger partial charge >= 0.3 is 36.2 Å². The van der Waals surface area contributed by atoms with Crippen LogP contribution in [0.3, 0.4) is 0 Å². The number of carbonyl (C=O) groups excluding carboxylic acids is 7. The molecule has 6 amide bonds. The van der Waals surface area contributed by atoms with Crippen LogP contribution in [-0.4, -0.2) is 193 Å². The molecule has 0 radical (unpaired) electrons. The molecule has 3 saturated carbocycles. The van der Waals surface area contributed by atoms with Gasteiger partial charge in [0.05, 0.1) is 32.4 Å². The van der Waals surface area contributed by atoms with Crippen LogP contribution in [0.1, 0.15) is 159 Å². The maximum absolute atomic E-state index is 13.6. The highest BCUT2D eigenvalue weighted by Gasteiger charge is 2.50. The normalized spacial score (nSPS) is 21.7. The molecule has 5 N–H and O–H groups in total. The Kier molecular flexibility index (Phi) is 27.8. The second-order valence-corrected chi connectivity index (χ2v) is 31.4. The Morgan fingerprint density at radius 3 is 1.08 bits per heavy atom. The Bertz CT molecular complexity index is 3550. The number of hydrogen-bond donors (Lipinski definition) is 5. The molecule has 27 nitrogen and oxygen atoms in total. The minimum absolute atomic E-state index is 0.0880. The summed E-state index contributed by atoms with van der Waals surface area (Å²) in [7, 11) is 1.29. The van der Waals surface area contributed by atoms with Crippen molar-refractivity contribution in [3.63, 3.8) is 0 Å². The molecule has 10 rings (SSSR count). The third kappa shape index (κ3) is 22.6. The van der Waals surface area contributed by atoms with Crippen LogP contribution in [0.4, 0.5) is 14.4 Å². The standard InChI is InChI=1S/C28H35N3O6.C23H32BrN3O6.C22H30BrN3O6/c1-28(2,3)24(30-27(35)37-19-11-7-8-12-19)25(32)31-17-21(16-23(31)26(33)34)36-20-13-14-29-22(15-20)18-9-5-4-6-10-18;1-23(2,3)19(26-22(30)33-14-7-5-6-8-14)20(28)27-13-16(11-17(27)21(29)31-4)32-15-9-10-25-18(24)12-15;1-22(2,3)18(25-21(30)32-13-6-4-5-7-13)19(27)26-12-15(10-16(26)20(28)29)31-14-8-9-24-17(23)11-14/h4-6,9-10,13-15,19,21,23-24H,7-8,11-12,16-17H2,1-3H3,(H,30,35)(H,33,34);9-10,12,14,16-17,19H,5-8,11,13H2,1-4H3,(H,26,30);8-9,11,13,15-16,18H,4-7,10,12H2,1-3H3,(H,25,30)(H,28,29)/t21-,23+,24-;16-,17+,19-;15-,16+,18-/m111/s1. The van der Waals surface area contributed by atoms with Gasteiger partial charge in [0, 0.05) is 61.6 Å². The molecule has 0 bridgehead atoms. The summed E-state index contributed by atoms with van der Waals surface area (Å²) in [5.74, 6) is -2.39. The fourth-order valence-corrected chi connectivity index (χ4v) is 14.0. The van der Waals surface area contributed by atoms with E-state index in [9.17, 15) is 53.4 Å². The van der Waals surface area contributed by atoms with Crippen LogP contribution in [0, 0.1) is 16.2 Å². The van der Waals surface area contributed by atoms with Crippen molar-refractivity contribution in [2.24, 2.45) is 16.2 Å². The zero-order chi connectivity index (χ0) is 74.2. The third-order valence-corrected chi connectivity index (χ3v) is 19.5. The van der Waals surface area contributed by atoms with Crippen LogP contribution in [-0.2, 0) is 47.7 Å². The summed E-state index contributed by atoms with van der Waals surface area (Å²) < 4.78 is 40.7. The first-order valence-corrected chi connectivity index (χ1v) is 36.4. The topological polar surface area (TPSA) is 343 Å². The number of carboxylic acids is 2. The monoisotopic (exact) mass is 1550 g/mol. The van der Waals surface area contributed by atoms with Crippen molar-refractivity contribution in [2.75, 3.05) is 26.7 Å². The van der Waals surface area contributed by atoms with E-state index in [0.29, 0.717) is 26.5 Å². The summed E-state index contributed by atoms with van der Waals surface area (Å²) in [6.45, 7) is 16.9. The van der Waals surface area contributed by atoms with Gasteiger partial charge in [-0.25, -0.2) is 38.7 Å². The van der Waals surface area contributed by atoms with Crippen molar-refractivity contribution >= 4 is 85.8 Å². The smallest absolute Gasteiger partial charge is 0.408 e. The number of rotatable bonds is 19. The number of benzene rings is 1. The Labute approximate surface area is 612 Å². The average molecular weight is 1550 g/mol. The summed E-state index contributed by atoms with van der Waals surface area (Å²) in [6.07, 6.45) is 12.7. The van der Waals surface area contributed by atoms with E-state index in [1.165, 1.54) is 21.8 Å². The van der Waals surface area contributed by atoms with Crippen LogP contribution >= 0.6 is 31.9 Å². The lowest BCUT2D eigenvalue weighted by Crippen LogP contribution is -2.57. The summed E-state index contributed by atoms with van der Waals surface area (Å²) >= 11 is 6.58. The molecular weight excluding hydrogens is 1450 g/mol. The molecule has 6 heterocycles. The number of carbonyl (C=O) groups is 9. The van der Waals surface area contributed by atoms with Gasteiger partial charge in [-0.3, -0.25) is 19.4 Å². The Hall–Kier alpha value is -8.34. The molecule has 3 saturated heterocycles. The number of hydrogen-bond acceptors (Lipinski definition) is 19. The molecule has 4 aromatic rings. The average Bonchev–Trinajstić information content (AvgIpc) is 1.63. The van der Waals surface area contributed by atoms with Crippen molar-refractivity contribution in [1.82, 2.24) is 45.6 Å². The highest BCUT2D eigenvalue weighted by atomic mass is 79.9. The molecule has 0 spiro atoms. The predicted molar refractivity (Wildman–Crippen MR) is 380 cm³/mol. The van der Waals surface area contributed by atoms with E-state index in [2.05, 4.69) is 62.8 Å². The molecule has 0 unspecified atom stereocenters. The number of amides is 6. The zero-order valence-corrected chi connectivity index (χ0v) is 62.8. The van der Waals surface area contributed by atoms with Gasteiger partial charge in [0.25, 0.3) is 0 Å². The van der Waals surface area contributed by atoms with Crippen LogP contribution in [0.25, 0.3) is 11.3 Å². The van der Waals surface area contributed by atoms with Crippen molar-refractivity contribution < 1.29 is 86.5 Å². The van der Waals surface area contributed by atoms with E-state index in [1.807, 2.05) is 92.6 Å². The van der Waals surface area contributed by atoms with Crippen LogP contribution in [0.2, 0.25) is 0 Å². The number of pyridine rings is 3. The number of nitrogens with zero attached hydrogens (tertiary/aromatic N) is 6. The fourth-order valence-electron chi connectivity index (χ4n) is 13.3. The number of likely N-dealkylation sites (tertiary alicyclic amines) is 3. The highest BCUT2D eigenvalue weighted by molar-refractivity contribution is 9.10. The Morgan fingerprint density at radius 1 is 0.451 bits per heavy atom. The maximum Gasteiger partial charge on any atom is 0.408 e. The lowest BCUT2D eigenvalue weighted by Gasteiger charge is -2.34. The predicted octanol–water partition coefficient (Wildman–Crippen LogP) is 11.1. The molecule has 6 aliphatic rings. The van der Waals surface area contributed by atoms with Crippen molar-refractivity contribution in [3.05, 3.63) is 94.5 Å². The summed E-state index contributed by atoms with van der Waals surface area (Å²) in [5.41, 5.74) is -0.256. The Balaban J connectivity index is 0.000000195. The van der Waals surface area contributed by atoms with Crippen LogP contribution < -0.4 is 30.2 Å². The van der Waals surface area contributed by atoms with Gasteiger partial charge < -0.3 is 74.0 Å².